The predicted molar refractivity (Wildman–Crippen MR) is 185 cm³/mol. The molecule has 2 N–H and O–H groups in total. The number of rotatable bonds is 7. The third kappa shape index (κ3) is 5.18. The van der Waals surface area contributed by atoms with E-state index >= 15 is 8.78 Å². The smallest absolute Gasteiger partial charge is 0.318 e. The summed E-state index contributed by atoms with van der Waals surface area (Å²) in [6.45, 7) is 3.71. The number of pyridine rings is 1. The minimum Gasteiger partial charge on any atom is -0.508 e. The molecule has 8 nitrogen and oxygen atoms in total. The van der Waals surface area contributed by atoms with Gasteiger partial charge in [0.1, 0.15) is 44.3 Å². The molecule has 1 atom stereocenters. The molecule has 236 valence electrons. The second kappa shape index (κ2) is 11.6. The van der Waals surface area contributed by atoms with Gasteiger partial charge in [0.05, 0.1) is 34.5 Å². The summed E-state index contributed by atoms with van der Waals surface area (Å²) in [5.41, 5.74) is -2.17. The van der Waals surface area contributed by atoms with Crippen LogP contribution in [-0.4, -0.2) is 112 Å². The van der Waals surface area contributed by atoms with Crippen LogP contribution in [0.3, 0.4) is 0 Å². The van der Waals surface area contributed by atoms with Crippen LogP contribution in [0.1, 0.15) is 51.0 Å². The van der Waals surface area contributed by atoms with Crippen molar-refractivity contribution in [2.45, 2.75) is 73.5 Å². The van der Waals surface area contributed by atoms with Crippen LogP contribution < -0.4 is 9.64 Å². The monoisotopic (exact) mass is 639 g/mol. The number of β-amino-alcohol motifs (C(OH)–C–C–N with tert-alkyl or cyclic N) is 1. The maximum absolute atomic E-state index is 17.0. The van der Waals surface area contributed by atoms with Gasteiger partial charge in [-0.1, -0.05) is 13.0 Å². The highest BCUT2D eigenvalue weighted by molar-refractivity contribution is 6.59. The summed E-state index contributed by atoms with van der Waals surface area (Å²) in [7, 11) is 31.5. The Bertz CT molecular complexity index is 1920. The molecule has 2 aromatic carbocycles. The number of aromatic hydroxyl groups is 1. The molecule has 0 bridgehead atoms. The first-order valence-corrected chi connectivity index (χ1v) is 16.3. The average Bonchev–Trinajstić information content (AvgIpc) is 3.63. The van der Waals surface area contributed by atoms with Crippen molar-refractivity contribution in [1.29, 1.82) is 0 Å². The minimum absolute atomic E-state index is 0.129. The number of phenolic OH excluding ortho intramolecular Hbond substituents is 1. The molecule has 1 unspecified atom stereocenters. The minimum atomic E-state index is -1.94. The van der Waals surface area contributed by atoms with E-state index in [0.717, 1.165) is 25.9 Å². The Kier molecular flexibility index (Phi) is 8.06. The molecule has 10 radical (unpaired) electrons. The zero-order valence-electron chi connectivity index (χ0n) is 26.8. The third-order valence-corrected chi connectivity index (χ3v) is 10.6. The van der Waals surface area contributed by atoms with Gasteiger partial charge in [0.2, 0.25) is 0 Å². The fourth-order valence-electron chi connectivity index (χ4n) is 8.09. The quantitative estimate of drug-likeness (QED) is 0.298. The lowest BCUT2D eigenvalue weighted by molar-refractivity contribution is 0.0264. The predicted octanol–water partition coefficient (Wildman–Crippen LogP) is 3.30. The van der Waals surface area contributed by atoms with E-state index in [9.17, 15) is 10.2 Å². The van der Waals surface area contributed by atoms with Crippen LogP contribution >= 0.6 is 0 Å². The van der Waals surface area contributed by atoms with Crippen LogP contribution in [0.5, 0.6) is 11.8 Å². The Hall–Kier alpha value is -3.31. The number of anilines is 1. The number of hydrogen-bond acceptors (Lipinski definition) is 8. The van der Waals surface area contributed by atoms with Crippen molar-refractivity contribution >= 4 is 66.7 Å². The maximum atomic E-state index is 17.0. The first-order valence-electron chi connectivity index (χ1n) is 16.3. The molecule has 0 amide bonds. The molecule has 48 heavy (non-hydrogen) atoms. The Balaban J connectivity index is 1.43. The molecule has 0 spiro atoms. The Morgan fingerprint density at radius 1 is 0.979 bits per heavy atom. The van der Waals surface area contributed by atoms with Crippen LogP contribution in [-0.2, 0) is 6.42 Å². The van der Waals surface area contributed by atoms with Crippen LogP contribution in [0.4, 0.5) is 14.6 Å². The second-order valence-electron chi connectivity index (χ2n) is 13.6. The molecule has 4 aromatic rings. The van der Waals surface area contributed by atoms with Crippen molar-refractivity contribution in [1.82, 2.24) is 19.9 Å². The van der Waals surface area contributed by atoms with Crippen molar-refractivity contribution in [2.75, 3.05) is 31.1 Å². The van der Waals surface area contributed by atoms with E-state index in [1.807, 2.05) is 0 Å². The molecule has 5 heterocycles. The van der Waals surface area contributed by atoms with E-state index in [-0.39, 0.29) is 52.7 Å². The van der Waals surface area contributed by atoms with Gasteiger partial charge in [-0.25, -0.2) is 8.78 Å². The molecule has 3 saturated heterocycles. The number of benzene rings is 2. The van der Waals surface area contributed by atoms with Crippen LogP contribution in [0.25, 0.3) is 32.9 Å². The fourth-order valence-corrected chi connectivity index (χ4v) is 8.09. The molecule has 3 fully saturated rings. The number of phenols is 1. The Morgan fingerprint density at radius 3 is 2.38 bits per heavy atom. The zero-order valence-corrected chi connectivity index (χ0v) is 26.8. The number of fused-ring (bicyclic) bond motifs is 3. The fraction of sp³-hybridized carbons (Fsp3) is 0.485. The number of hydrogen-bond donors (Lipinski definition) is 2. The van der Waals surface area contributed by atoms with Crippen molar-refractivity contribution in [3.8, 4) is 23.0 Å². The van der Waals surface area contributed by atoms with E-state index in [1.165, 1.54) is 30.5 Å². The summed E-state index contributed by atoms with van der Waals surface area (Å²) < 4.78 is 38.2. The number of ether oxygens (including phenoxy) is 1. The largest absolute Gasteiger partial charge is 0.508 e. The van der Waals surface area contributed by atoms with E-state index in [4.69, 9.17) is 44.0 Å². The maximum Gasteiger partial charge on any atom is 0.318 e. The molecule has 0 saturated carbocycles. The van der Waals surface area contributed by atoms with Gasteiger partial charge in [-0.3, -0.25) is 9.88 Å². The summed E-state index contributed by atoms with van der Waals surface area (Å²) in [4.78, 5) is 17.6. The van der Waals surface area contributed by atoms with Crippen molar-refractivity contribution in [3.05, 3.63) is 47.7 Å². The van der Waals surface area contributed by atoms with E-state index in [1.54, 1.807) is 11.8 Å². The van der Waals surface area contributed by atoms with Crippen LogP contribution in [0.2, 0.25) is 5.11 Å². The zero-order chi connectivity index (χ0) is 34.2. The number of nitrogens with zero attached hydrogens (tertiary/aromatic N) is 5. The van der Waals surface area contributed by atoms with E-state index in [0.29, 0.717) is 48.6 Å². The molecule has 2 aromatic heterocycles. The second-order valence-corrected chi connectivity index (χ2v) is 13.6. The highest BCUT2D eigenvalue weighted by Gasteiger charge is 2.55. The SMILES string of the molecule is [B]C([B])([B])C1(O)CCCN(c2nc(OC([B])([B])C34CCCN3CCC4)nc3c(F)c(-c4cc(O)cc5ccc(F)c(CC)c45)ncc23)C1. The molecule has 15 heteroatoms. The highest BCUT2D eigenvalue weighted by Crippen LogP contribution is 2.46. The van der Waals surface area contributed by atoms with Gasteiger partial charge in [0.25, 0.3) is 0 Å². The summed E-state index contributed by atoms with van der Waals surface area (Å²) in [6.07, 6.45) is 5.61. The molecule has 3 aliphatic rings. The lowest BCUT2D eigenvalue weighted by Gasteiger charge is -2.49. The number of piperidine rings is 1. The molecule has 0 aliphatic carbocycles. The Morgan fingerprint density at radius 2 is 1.69 bits per heavy atom. The van der Waals surface area contributed by atoms with Crippen molar-refractivity contribution < 1.29 is 23.7 Å². The van der Waals surface area contributed by atoms with E-state index < -0.39 is 33.3 Å². The lowest BCUT2D eigenvalue weighted by atomic mass is 9.35. The van der Waals surface area contributed by atoms with Gasteiger partial charge in [0, 0.05) is 35.8 Å². The highest BCUT2D eigenvalue weighted by atomic mass is 19.1. The van der Waals surface area contributed by atoms with Gasteiger partial charge in [-0.2, -0.15) is 9.97 Å². The lowest BCUT2D eigenvalue weighted by Crippen LogP contribution is -2.63. The summed E-state index contributed by atoms with van der Waals surface area (Å²) in [5, 5.41) is 19.4. The third-order valence-electron chi connectivity index (χ3n) is 10.6. The van der Waals surface area contributed by atoms with Gasteiger partial charge in [-0.15, -0.1) is 5.11 Å². The molecular weight excluding hydrogens is 606 g/mol. The molecule has 3 aliphatic heterocycles. The first-order chi connectivity index (χ1) is 22.7. The first kappa shape index (κ1) is 33.2. The summed E-state index contributed by atoms with van der Waals surface area (Å²) >= 11 is 0. The number of aryl methyl sites for hydroxylation is 1. The summed E-state index contributed by atoms with van der Waals surface area (Å²) in [6, 6.07) is 5.41. The number of halogens is 2. The van der Waals surface area contributed by atoms with Crippen molar-refractivity contribution in [3.63, 3.8) is 0 Å². The van der Waals surface area contributed by atoms with Gasteiger partial charge >= 0.3 is 6.01 Å². The van der Waals surface area contributed by atoms with Crippen LogP contribution in [0, 0.1) is 11.6 Å². The van der Waals surface area contributed by atoms with Gasteiger partial charge in [-0.05, 0) is 92.6 Å². The standard InChI is InChI=1S/C33H32B5F2N5O3/c1-2-20-23(39)7-6-18-14-19(46)15-21(24(18)20)26-25(40)27-22(16-41-26)28(44-11-5-10-31(47,17-44)32(34,35)36)43-29(42-27)48-33(37,38)30-8-3-12-45(30)13-4-9-30/h6-7,14-16,46-47H,2-5,8-13,17H2,1H3. The average molecular weight is 639 g/mol. The summed E-state index contributed by atoms with van der Waals surface area (Å²) in [5.74, 6) is -1.28. The van der Waals surface area contributed by atoms with Gasteiger partial charge in [0.15, 0.2) is 5.82 Å². The molecule has 7 rings (SSSR count). The van der Waals surface area contributed by atoms with Crippen molar-refractivity contribution in [2.24, 2.45) is 0 Å². The van der Waals surface area contributed by atoms with Gasteiger partial charge < -0.3 is 19.8 Å². The topological polar surface area (TPSA) is 94.8 Å². The normalized spacial score (nSPS) is 21.6. The Labute approximate surface area is 285 Å². The molecular formula is C33H32B5F2N5O3. The van der Waals surface area contributed by atoms with Crippen LogP contribution in [0.15, 0.2) is 30.5 Å². The van der Waals surface area contributed by atoms with E-state index in [2.05, 4.69) is 19.9 Å². The number of aliphatic hydroxyl groups is 1. The number of aromatic nitrogens is 3.